The van der Waals surface area contributed by atoms with Crippen LogP contribution in [0.25, 0.3) is 102 Å². The fourth-order valence-corrected chi connectivity index (χ4v) is 8.07. The third kappa shape index (κ3) is 5.81. The summed E-state index contributed by atoms with van der Waals surface area (Å²) >= 11 is 0. The maximum absolute atomic E-state index is 5.69. The van der Waals surface area contributed by atoms with Gasteiger partial charge in [0.25, 0.3) is 7.11 Å². The van der Waals surface area contributed by atoms with Gasteiger partial charge in [0.1, 0.15) is 17.2 Å². The van der Waals surface area contributed by atoms with E-state index in [9.17, 15) is 0 Å². The van der Waals surface area contributed by atoms with Crippen molar-refractivity contribution in [2.24, 2.45) is 0 Å². The second-order valence-electron chi connectivity index (χ2n) is 14.0. The molecule has 8 heteroatoms. The first-order chi connectivity index (χ1) is 28.0. The van der Waals surface area contributed by atoms with E-state index in [-0.39, 0.29) is 0 Å². The monoisotopic (exact) mass is 745 g/mol. The van der Waals surface area contributed by atoms with Crippen molar-refractivity contribution in [1.82, 2.24) is 19.9 Å². The summed E-state index contributed by atoms with van der Waals surface area (Å²) in [6.45, 7) is 0. The summed E-state index contributed by atoms with van der Waals surface area (Å²) in [6.07, 6.45) is 10.4. The normalized spacial score (nSPS) is 13.3. The largest absolute Gasteiger partial charge is 0.497 e. The molecule has 0 atom stereocenters. The first-order valence-electron chi connectivity index (χ1n) is 18.7. The molecule has 0 fully saturated rings. The molecule has 1 aliphatic carbocycles. The van der Waals surface area contributed by atoms with Gasteiger partial charge in [-0.05, 0) is 118 Å². The fourth-order valence-electron chi connectivity index (χ4n) is 8.07. The van der Waals surface area contributed by atoms with Crippen LogP contribution in [0.4, 0.5) is 0 Å². The lowest BCUT2D eigenvalue weighted by molar-refractivity contribution is -0.417. The summed E-state index contributed by atoms with van der Waals surface area (Å²) < 4.78 is 22.3. The predicted molar refractivity (Wildman–Crippen MR) is 232 cm³/mol. The number of ether oxygens (including phenoxy) is 3. The van der Waals surface area contributed by atoms with E-state index in [1.54, 1.807) is 28.4 Å². The molecule has 0 radical (unpaired) electrons. The van der Waals surface area contributed by atoms with Crippen LogP contribution in [-0.4, -0.2) is 54.2 Å². The van der Waals surface area contributed by atoms with Crippen molar-refractivity contribution < 1.29 is 18.6 Å². The molecular weight excluding hydrogens is 709 g/mol. The minimum absolute atomic E-state index is 0.781. The summed E-state index contributed by atoms with van der Waals surface area (Å²) in [5, 5.41) is 3.08. The summed E-state index contributed by atoms with van der Waals surface area (Å²) in [4.78, 5) is 18.6. The van der Waals surface area contributed by atoms with Crippen molar-refractivity contribution in [3.63, 3.8) is 0 Å². The molecule has 8 nitrogen and oxygen atoms in total. The Morgan fingerprint density at radius 1 is 0.509 bits per heavy atom. The van der Waals surface area contributed by atoms with Crippen molar-refractivity contribution in [1.29, 1.82) is 0 Å². The van der Waals surface area contributed by atoms with Gasteiger partial charge in [0.05, 0.1) is 43.8 Å². The number of carbonyl (C=O) groups excluding carboxylic acids is 1. The molecular formula is C49H37N4O4+. The number of ketones is 1. The molecule has 10 rings (SSSR count). The van der Waals surface area contributed by atoms with E-state index in [1.807, 2.05) is 42.5 Å². The zero-order chi connectivity index (χ0) is 38.6. The summed E-state index contributed by atoms with van der Waals surface area (Å²) in [5.41, 5.74) is 14.1. The zero-order valence-corrected chi connectivity index (χ0v) is 31.8. The lowest BCUT2D eigenvalue weighted by atomic mass is 9.98. The van der Waals surface area contributed by atoms with Crippen molar-refractivity contribution in [3.8, 4) is 50.6 Å². The first kappa shape index (κ1) is 34.1. The van der Waals surface area contributed by atoms with Crippen molar-refractivity contribution in [2.45, 2.75) is 0 Å². The molecule has 0 saturated carbocycles. The van der Waals surface area contributed by atoms with Crippen molar-refractivity contribution >= 4 is 74.0 Å². The number of aromatic amines is 2. The first-order valence-corrected chi connectivity index (χ1v) is 18.7. The molecule has 5 heterocycles. The summed E-state index contributed by atoms with van der Waals surface area (Å²) in [7, 11) is 6.74. The van der Waals surface area contributed by atoms with Crippen LogP contribution in [0.5, 0.6) is 17.2 Å². The molecule has 4 aromatic heterocycles. The minimum Gasteiger partial charge on any atom is -0.497 e. The third-order valence-electron chi connectivity index (χ3n) is 10.9. The van der Waals surface area contributed by atoms with E-state index >= 15 is 0 Å². The smallest absolute Gasteiger partial charge is 0.343 e. The number of methoxy groups -OCH3 is 3. The van der Waals surface area contributed by atoms with Gasteiger partial charge < -0.3 is 24.2 Å². The Morgan fingerprint density at radius 3 is 1.53 bits per heavy atom. The van der Waals surface area contributed by atoms with Gasteiger partial charge >= 0.3 is 5.78 Å². The summed E-state index contributed by atoms with van der Waals surface area (Å²) in [5.74, 6) is 3.14. The highest BCUT2D eigenvalue weighted by molar-refractivity contribution is 6.21. The van der Waals surface area contributed by atoms with E-state index in [1.165, 1.54) is 0 Å². The van der Waals surface area contributed by atoms with Crippen LogP contribution < -0.4 is 19.4 Å². The van der Waals surface area contributed by atoms with Gasteiger partial charge in [0.15, 0.2) is 0 Å². The number of allylic oxidation sites excluding steroid dienone is 1. The van der Waals surface area contributed by atoms with Gasteiger partial charge in [-0.3, -0.25) is 4.42 Å². The highest BCUT2D eigenvalue weighted by Gasteiger charge is 2.20. The molecule has 0 amide bonds. The van der Waals surface area contributed by atoms with E-state index in [4.69, 9.17) is 28.6 Å². The van der Waals surface area contributed by atoms with Crippen LogP contribution in [-0.2, 0) is 4.42 Å². The molecule has 57 heavy (non-hydrogen) atoms. The average molecular weight is 746 g/mol. The van der Waals surface area contributed by atoms with E-state index < -0.39 is 0 Å². The Labute approximate surface area is 328 Å². The number of fused-ring (bicyclic) bond motifs is 10. The Hall–Kier alpha value is -7.45. The number of nitrogens with one attached hydrogen (secondary N) is 2. The van der Waals surface area contributed by atoms with Crippen LogP contribution in [0.1, 0.15) is 17.0 Å². The molecule has 4 aromatic carbocycles. The minimum atomic E-state index is 0.781. The number of hydrogen-bond acceptors (Lipinski definition) is 5. The lowest BCUT2D eigenvalue weighted by Gasteiger charge is -2.07. The maximum atomic E-state index is 5.69. The maximum Gasteiger partial charge on any atom is 0.343 e. The second kappa shape index (κ2) is 13.7. The topological polar surface area (TPSA) is 96.4 Å². The standard InChI is InChI=1S/C49H37N4O4/c1-54-33-11-5-28(6-12-33)45-38-19-20-39(50-38)46(29-7-13-34(55-2)14-8-29)41-23-24-43(52-41)48-37-18-17-36(57-4)26-31(37)25-32-27-44(53-49(32)48)47(42-22-21-40(45)51-42)30-9-15-35(56-3)16-10-30/h5-27,51-52H,1-4H3/q+1. The van der Waals surface area contributed by atoms with Gasteiger partial charge in [-0.2, -0.15) is 0 Å². The molecule has 0 unspecified atom stereocenters. The summed E-state index contributed by atoms with van der Waals surface area (Å²) in [6, 6.07) is 37.3. The number of aromatic nitrogens is 4. The molecule has 8 aromatic rings. The van der Waals surface area contributed by atoms with E-state index in [0.29, 0.717) is 0 Å². The molecule has 0 saturated heterocycles. The Bertz CT molecular complexity index is 3170. The highest BCUT2D eigenvalue weighted by Crippen LogP contribution is 2.38. The molecule has 0 spiro atoms. The number of hydrogen-bond donors (Lipinski definition) is 2. The van der Waals surface area contributed by atoms with Gasteiger partial charge in [-0.1, -0.05) is 36.4 Å². The van der Waals surface area contributed by atoms with Crippen molar-refractivity contribution in [3.05, 3.63) is 137 Å². The molecule has 1 aliphatic heterocycles. The Morgan fingerprint density at radius 2 is 1.00 bits per heavy atom. The number of H-pyrrole nitrogens is 2. The number of nitrogens with zero attached hydrogens (tertiary/aromatic N) is 2. The lowest BCUT2D eigenvalue weighted by Crippen LogP contribution is -2.13. The molecule has 8 bridgehead atoms. The quantitative estimate of drug-likeness (QED) is 0.165. The van der Waals surface area contributed by atoms with Gasteiger partial charge in [-0.25, -0.2) is 9.97 Å². The number of benzene rings is 4. The Balaban J connectivity index is 1.41. The van der Waals surface area contributed by atoms with Gasteiger partial charge in [0.2, 0.25) is 0 Å². The molecule has 2 N–H and O–H groups in total. The number of rotatable bonds is 6. The second-order valence-corrected chi connectivity index (χ2v) is 14.0. The highest BCUT2D eigenvalue weighted by atomic mass is 16.5. The van der Waals surface area contributed by atoms with Crippen LogP contribution >= 0.6 is 0 Å². The van der Waals surface area contributed by atoms with Crippen LogP contribution in [0.3, 0.4) is 0 Å². The van der Waals surface area contributed by atoms with Crippen molar-refractivity contribution in [2.75, 3.05) is 28.4 Å². The average Bonchev–Trinajstić information content (AvgIpc) is 4.10. The van der Waals surface area contributed by atoms with Crippen LogP contribution in [0.15, 0.2) is 115 Å². The third-order valence-corrected chi connectivity index (χ3v) is 10.9. The van der Waals surface area contributed by atoms with Crippen LogP contribution in [0.2, 0.25) is 0 Å². The van der Waals surface area contributed by atoms with Crippen LogP contribution in [0, 0.1) is 0 Å². The van der Waals surface area contributed by atoms with E-state index in [2.05, 4.69) is 107 Å². The Kier molecular flexibility index (Phi) is 8.18. The van der Waals surface area contributed by atoms with Gasteiger partial charge in [-0.15, -0.1) is 0 Å². The predicted octanol–water partition coefficient (Wildman–Crippen LogP) is 10.2. The zero-order valence-electron chi connectivity index (χ0n) is 31.8. The fraction of sp³-hybridized carbons (Fsp3) is 0.0816. The molecule has 276 valence electrons. The van der Waals surface area contributed by atoms with Gasteiger partial charge in [0, 0.05) is 61.7 Å². The SMILES string of the molecule is COc1ccc(-c2c3nc(c(-c4ccc(OC)cc4)c4ccc([nH]4)c4c5c(cc6cc(nc64)c(-c4ccc(OC)cc4)c4ccc2[nH]4)=CC(=[O+]C)C=C5)C=C3)cc1. The molecule has 2 aliphatic rings. The van der Waals surface area contributed by atoms with E-state index in [0.717, 1.165) is 122 Å².